The Kier molecular flexibility index (Phi) is 6.90. The zero-order valence-corrected chi connectivity index (χ0v) is 11.5. The summed E-state index contributed by atoms with van der Waals surface area (Å²) in [5.74, 6) is 0. The number of rotatable bonds is 8. The van der Waals surface area contributed by atoms with Crippen LogP contribution in [-0.2, 0) is 12.8 Å². The minimum atomic E-state index is 1.06. The van der Waals surface area contributed by atoms with Gasteiger partial charge in [0.2, 0.25) is 0 Å². The number of hydrogen-bond acceptors (Lipinski definition) is 2. The monoisotopic (exact) mass is 234 g/mol. The van der Waals surface area contributed by atoms with Crippen LogP contribution in [0.4, 0.5) is 0 Å². The van der Waals surface area contributed by atoms with E-state index in [2.05, 4.69) is 48.5 Å². The van der Waals surface area contributed by atoms with Crippen molar-refractivity contribution in [2.24, 2.45) is 0 Å². The van der Waals surface area contributed by atoms with Crippen LogP contribution in [0.1, 0.15) is 24.5 Å². The third kappa shape index (κ3) is 5.85. The standard InChI is InChI=1S/C15H26N2/c1-4-5-14-6-8-15(9-7-14)10-12-17(3)13-11-16-2/h6-9,16H,4-5,10-13H2,1-3H3. The smallest absolute Gasteiger partial charge is 0.0104 e. The molecule has 0 aliphatic carbocycles. The van der Waals surface area contributed by atoms with E-state index in [-0.39, 0.29) is 0 Å². The zero-order chi connectivity index (χ0) is 12.5. The van der Waals surface area contributed by atoms with Gasteiger partial charge in [0, 0.05) is 19.6 Å². The average Bonchev–Trinajstić information content (AvgIpc) is 2.36. The van der Waals surface area contributed by atoms with Crippen molar-refractivity contribution in [2.45, 2.75) is 26.2 Å². The second-order valence-corrected chi connectivity index (χ2v) is 4.72. The normalized spacial score (nSPS) is 11.1. The van der Waals surface area contributed by atoms with Gasteiger partial charge in [0.25, 0.3) is 0 Å². The molecule has 0 aromatic heterocycles. The van der Waals surface area contributed by atoms with Crippen LogP contribution in [0.5, 0.6) is 0 Å². The zero-order valence-electron chi connectivity index (χ0n) is 11.5. The van der Waals surface area contributed by atoms with E-state index < -0.39 is 0 Å². The van der Waals surface area contributed by atoms with Crippen molar-refractivity contribution in [3.05, 3.63) is 35.4 Å². The Hall–Kier alpha value is -0.860. The summed E-state index contributed by atoms with van der Waals surface area (Å²) in [4.78, 5) is 2.37. The lowest BCUT2D eigenvalue weighted by Crippen LogP contribution is -2.29. The van der Waals surface area contributed by atoms with Crippen LogP contribution in [0.2, 0.25) is 0 Å². The van der Waals surface area contributed by atoms with E-state index in [4.69, 9.17) is 0 Å². The van der Waals surface area contributed by atoms with Gasteiger partial charge in [-0.05, 0) is 38.1 Å². The van der Waals surface area contributed by atoms with Gasteiger partial charge in [-0.3, -0.25) is 0 Å². The molecule has 0 saturated heterocycles. The van der Waals surface area contributed by atoms with Crippen LogP contribution in [-0.4, -0.2) is 38.6 Å². The van der Waals surface area contributed by atoms with Crippen molar-refractivity contribution in [2.75, 3.05) is 33.7 Å². The first-order chi connectivity index (χ1) is 8.26. The van der Waals surface area contributed by atoms with Crippen molar-refractivity contribution in [1.29, 1.82) is 0 Å². The third-order valence-corrected chi connectivity index (χ3v) is 3.09. The largest absolute Gasteiger partial charge is 0.318 e. The highest BCUT2D eigenvalue weighted by molar-refractivity contribution is 5.22. The Labute approximate surface area is 106 Å². The maximum absolute atomic E-state index is 3.18. The quantitative estimate of drug-likeness (QED) is 0.742. The van der Waals surface area contributed by atoms with Gasteiger partial charge in [0.1, 0.15) is 0 Å². The minimum absolute atomic E-state index is 1.06. The van der Waals surface area contributed by atoms with Crippen LogP contribution >= 0.6 is 0 Å². The number of nitrogens with zero attached hydrogens (tertiary/aromatic N) is 1. The number of hydrogen-bond donors (Lipinski definition) is 1. The van der Waals surface area contributed by atoms with E-state index in [1.807, 2.05) is 7.05 Å². The Morgan fingerprint density at radius 1 is 1.00 bits per heavy atom. The van der Waals surface area contributed by atoms with Crippen molar-refractivity contribution in [1.82, 2.24) is 10.2 Å². The molecule has 2 nitrogen and oxygen atoms in total. The first-order valence-corrected chi connectivity index (χ1v) is 6.67. The second-order valence-electron chi connectivity index (χ2n) is 4.72. The van der Waals surface area contributed by atoms with Gasteiger partial charge in [-0.1, -0.05) is 37.6 Å². The SMILES string of the molecule is CCCc1ccc(CCN(C)CCNC)cc1. The lowest BCUT2D eigenvalue weighted by atomic mass is 10.1. The molecule has 0 unspecified atom stereocenters. The topological polar surface area (TPSA) is 15.3 Å². The first-order valence-electron chi connectivity index (χ1n) is 6.67. The number of nitrogens with one attached hydrogen (secondary N) is 1. The molecule has 0 radical (unpaired) electrons. The summed E-state index contributed by atoms with van der Waals surface area (Å²) in [6.45, 7) is 5.54. The molecule has 96 valence electrons. The van der Waals surface area contributed by atoms with Crippen LogP contribution in [0.15, 0.2) is 24.3 Å². The van der Waals surface area contributed by atoms with Crippen molar-refractivity contribution >= 4 is 0 Å². The molecule has 0 aliphatic heterocycles. The summed E-state index contributed by atoms with van der Waals surface area (Å²) in [5, 5.41) is 3.18. The molecule has 1 aromatic rings. The lowest BCUT2D eigenvalue weighted by molar-refractivity contribution is 0.339. The predicted octanol–water partition coefficient (Wildman–Crippen LogP) is 2.33. The van der Waals surface area contributed by atoms with Gasteiger partial charge in [0.15, 0.2) is 0 Å². The molecule has 0 atom stereocenters. The maximum Gasteiger partial charge on any atom is 0.0104 e. The van der Waals surface area contributed by atoms with E-state index in [9.17, 15) is 0 Å². The fraction of sp³-hybridized carbons (Fsp3) is 0.600. The summed E-state index contributed by atoms with van der Waals surface area (Å²) >= 11 is 0. The molecule has 0 fully saturated rings. The van der Waals surface area contributed by atoms with Crippen molar-refractivity contribution in [3.8, 4) is 0 Å². The molecule has 1 rings (SSSR count). The van der Waals surface area contributed by atoms with Crippen LogP contribution < -0.4 is 5.32 Å². The molecule has 1 N–H and O–H groups in total. The van der Waals surface area contributed by atoms with E-state index in [1.165, 1.54) is 24.0 Å². The van der Waals surface area contributed by atoms with Crippen LogP contribution in [0, 0.1) is 0 Å². The Morgan fingerprint density at radius 3 is 2.12 bits per heavy atom. The van der Waals surface area contributed by atoms with Gasteiger partial charge in [0.05, 0.1) is 0 Å². The van der Waals surface area contributed by atoms with Gasteiger partial charge < -0.3 is 10.2 Å². The molecule has 0 spiro atoms. The Balaban J connectivity index is 2.31. The van der Waals surface area contributed by atoms with E-state index in [0.717, 1.165) is 26.1 Å². The van der Waals surface area contributed by atoms with Gasteiger partial charge in [-0.2, -0.15) is 0 Å². The summed E-state index contributed by atoms with van der Waals surface area (Å²) in [7, 11) is 4.18. The van der Waals surface area contributed by atoms with E-state index in [0.29, 0.717) is 0 Å². The summed E-state index contributed by atoms with van der Waals surface area (Å²) in [5.41, 5.74) is 2.90. The minimum Gasteiger partial charge on any atom is -0.318 e. The van der Waals surface area contributed by atoms with Crippen molar-refractivity contribution < 1.29 is 0 Å². The molecule has 0 bridgehead atoms. The van der Waals surface area contributed by atoms with E-state index in [1.54, 1.807) is 0 Å². The molecule has 0 heterocycles. The number of aryl methyl sites for hydroxylation is 1. The molecule has 17 heavy (non-hydrogen) atoms. The predicted molar refractivity (Wildman–Crippen MR) is 75.6 cm³/mol. The molecule has 0 amide bonds. The first kappa shape index (κ1) is 14.2. The van der Waals surface area contributed by atoms with Gasteiger partial charge in [-0.25, -0.2) is 0 Å². The molecular formula is C15H26N2. The highest BCUT2D eigenvalue weighted by Crippen LogP contribution is 2.07. The Morgan fingerprint density at radius 2 is 1.59 bits per heavy atom. The molecular weight excluding hydrogens is 208 g/mol. The molecule has 0 saturated carbocycles. The van der Waals surface area contributed by atoms with Crippen LogP contribution in [0.3, 0.4) is 0 Å². The second kappa shape index (κ2) is 8.26. The fourth-order valence-electron chi connectivity index (χ4n) is 1.90. The highest BCUT2D eigenvalue weighted by atomic mass is 15.1. The highest BCUT2D eigenvalue weighted by Gasteiger charge is 1.99. The number of likely N-dealkylation sites (N-methyl/N-ethyl adjacent to an activating group) is 2. The summed E-state index contributed by atoms with van der Waals surface area (Å²) < 4.78 is 0. The maximum atomic E-state index is 3.18. The summed E-state index contributed by atoms with van der Waals surface area (Å²) in [6.07, 6.45) is 3.57. The van der Waals surface area contributed by atoms with Gasteiger partial charge >= 0.3 is 0 Å². The molecule has 2 heteroatoms. The fourth-order valence-corrected chi connectivity index (χ4v) is 1.90. The van der Waals surface area contributed by atoms with E-state index >= 15 is 0 Å². The van der Waals surface area contributed by atoms with Crippen LogP contribution in [0.25, 0.3) is 0 Å². The molecule has 1 aromatic carbocycles. The molecule has 0 aliphatic rings. The van der Waals surface area contributed by atoms with Gasteiger partial charge in [-0.15, -0.1) is 0 Å². The third-order valence-electron chi connectivity index (χ3n) is 3.09. The average molecular weight is 234 g/mol. The van der Waals surface area contributed by atoms with Crippen molar-refractivity contribution in [3.63, 3.8) is 0 Å². The summed E-state index contributed by atoms with van der Waals surface area (Å²) in [6, 6.07) is 9.09. The lowest BCUT2D eigenvalue weighted by Gasteiger charge is -2.16. The number of benzene rings is 1. The Bertz CT molecular complexity index is 292.